The van der Waals surface area contributed by atoms with Crippen molar-refractivity contribution in [2.45, 2.75) is 25.3 Å². The first kappa shape index (κ1) is 18.8. The van der Waals surface area contributed by atoms with Crippen LogP contribution in [0.1, 0.15) is 30.0 Å². The first-order chi connectivity index (χ1) is 12.6. The molecule has 2 aromatic rings. The molecule has 1 aliphatic carbocycles. The number of carbonyl (C=O) groups is 2. The van der Waals surface area contributed by atoms with E-state index in [1.54, 1.807) is 24.3 Å². The number of fused-ring (bicyclic) bond motifs is 1. The molecule has 1 aliphatic rings. The third-order valence-corrected chi connectivity index (χ3v) is 5.48. The fourth-order valence-electron chi connectivity index (χ4n) is 3.11. The van der Waals surface area contributed by atoms with E-state index in [9.17, 15) is 9.59 Å². The summed E-state index contributed by atoms with van der Waals surface area (Å²) in [6.07, 6.45) is 3.12. The van der Waals surface area contributed by atoms with Crippen LogP contribution >= 0.6 is 23.4 Å². The number of thioether (sulfide) groups is 1. The lowest BCUT2D eigenvalue weighted by molar-refractivity contribution is -0.119. The first-order valence-electron chi connectivity index (χ1n) is 8.62. The fraction of sp³-hybridized carbons (Fsp3) is 0.300. The van der Waals surface area contributed by atoms with E-state index in [2.05, 4.69) is 22.8 Å². The second-order valence-corrected chi connectivity index (χ2v) is 7.68. The quantitative estimate of drug-likeness (QED) is 0.779. The van der Waals surface area contributed by atoms with Crippen molar-refractivity contribution in [3.8, 4) is 0 Å². The molecule has 0 unspecified atom stereocenters. The van der Waals surface area contributed by atoms with E-state index in [4.69, 9.17) is 11.6 Å². The Morgan fingerprint density at radius 1 is 1.04 bits per heavy atom. The normalized spacial score (nSPS) is 15.8. The Bertz CT molecular complexity index is 780. The van der Waals surface area contributed by atoms with Gasteiger partial charge in [-0.3, -0.25) is 9.59 Å². The summed E-state index contributed by atoms with van der Waals surface area (Å²) in [7, 11) is 0. The second kappa shape index (κ2) is 9.10. The zero-order chi connectivity index (χ0) is 18.4. The highest BCUT2D eigenvalue weighted by Gasteiger charge is 2.21. The number of rotatable bonds is 6. The Hall–Kier alpha value is -1.98. The van der Waals surface area contributed by atoms with Crippen molar-refractivity contribution in [2.75, 3.05) is 16.8 Å². The summed E-state index contributed by atoms with van der Waals surface area (Å²) in [6, 6.07) is 15.3. The van der Waals surface area contributed by atoms with Crippen LogP contribution in [0.15, 0.2) is 48.5 Å². The summed E-state index contributed by atoms with van der Waals surface area (Å²) in [6.45, 7) is 0. The highest BCUT2D eigenvalue weighted by atomic mass is 35.5. The van der Waals surface area contributed by atoms with Crippen LogP contribution in [0.3, 0.4) is 0 Å². The smallest absolute Gasteiger partial charge is 0.234 e. The Kier molecular flexibility index (Phi) is 6.58. The average Bonchev–Trinajstić information content (AvgIpc) is 2.64. The predicted molar refractivity (Wildman–Crippen MR) is 108 cm³/mol. The van der Waals surface area contributed by atoms with Crippen LogP contribution in [0.5, 0.6) is 0 Å². The molecule has 0 saturated carbocycles. The van der Waals surface area contributed by atoms with E-state index in [1.165, 1.54) is 22.9 Å². The molecule has 0 spiro atoms. The molecule has 0 radical (unpaired) electrons. The minimum Gasteiger partial charge on any atom is -0.349 e. The van der Waals surface area contributed by atoms with Gasteiger partial charge in [-0.1, -0.05) is 35.9 Å². The third-order valence-electron chi connectivity index (χ3n) is 4.30. The Balaban J connectivity index is 1.42. The SMILES string of the molecule is O=C(CSCC(=O)N[C@H]1CCCc2ccccc21)Nc1ccc(Cl)cc1. The Labute approximate surface area is 162 Å². The van der Waals surface area contributed by atoms with E-state index in [1.807, 2.05) is 12.1 Å². The topological polar surface area (TPSA) is 58.2 Å². The van der Waals surface area contributed by atoms with Gasteiger partial charge in [0, 0.05) is 10.7 Å². The van der Waals surface area contributed by atoms with Crippen LogP contribution in [0.4, 0.5) is 5.69 Å². The van der Waals surface area contributed by atoms with Crippen molar-refractivity contribution in [1.82, 2.24) is 5.32 Å². The molecular formula is C20H21ClN2O2S. The van der Waals surface area contributed by atoms with Gasteiger partial charge in [-0.15, -0.1) is 11.8 Å². The van der Waals surface area contributed by atoms with Crippen LogP contribution in [0, 0.1) is 0 Å². The molecular weight excluding hydrogens is 368 g/mol. The van der Waals surface area contributed by atoms with E-state index in [0.29, 0.717) is 10.7 Å². The van der Waals surface area contributed by atoms with Gasteiger partial charge in [0.05, 0.1) is 17.5 Å². The van der Waals surface area contributed by atoms with E-state index < -0.39 is 0 Å². The number of benzene rings is 2. The second-order valence-electron chi connectivity index (χ2n) is 6.26. The molecule has 0 fully saturated rings. The summed E-state index contributed by atoms with van der Waals surface area (Å²) in [5.74, 6) is 0.341. The molecule has 0 bridgehead atoms. The largest absolute Gasteiger partial charge is 0.349 e. The summed E-state index contributed by atoms with van der Waals surface area (Å²) in [4.78, 5) is 24.2. The van der Waals surface area contributed by atoms with E-state index in [0.717, 1.165) is 19.3 Å². The van der Waals surface area contributed by atoms with Crippen molar-refractivity contribution >= 4 is 40.9 Å². The van der Waals surface area contributed by atoms with Crippen molar-refractivity contribution in [2.24, 2.45) is 0 Å². The maximum atomic E-state index is 12.2. The van der Waals surface area contributed by atoms with Crippen molar-refractivity contribution in [3.63, 3.8) is 0 Å². The van der Waals surface area contributed by atoms with Gasteiger partial charge >= 0.3 is 0 Å². The highest BCUT2D eigenvalue weighted by molar-refractivity contribution is 8.00. The maximum Gasteiger partial charge on any atom is 0.234 e. The molecule has 2 aromatic carbocycles. The van der Waals surface area contributed by atoms with Gasteiger partial charge in [0.2, 0.25) is 11.8 Å². The number of nitrogens with one attached hydrogen (secondary N) is 2. The van der Waals surface area contributed by atoms with Gasteiger partial charge in [-0.05, 0) is 54.7 Å². The monoisotopic (exact) mass is 388 g/mol. The van der Waals surface area contributed by atoms with Gasteiger partial charge in [0.1, 0.15) is 0 Å². The number of carbonyl (C=O) groups excluding carboxylic acids is 2. The van der Waals surface area contributed by atoms with Crippen LogP contribution in [-0.2, 0) is 16.0 Å². The number of anilines is 1. The summed E-state index contributed by atoms with van der Waals surface area (Å²) < 4.78 is 0. The van der Waals surface area contributed by atoms with Crippen molar-refractivity contribution in [1.29, 1.82) is 0 Å². The number of hydrogen-bond donors (Lipinski definition) is 2. The molecule has 26 heavy (non-hydrogen) atoms. The number of hydrogen-bond acceptors (Lipinski definition) is 3. The number of halogens is 1. The van der Waals surface area contributed by atoms with Gasteiger partial charge in [-0.25, -0.2) is 0 Å². The molecule has 6 heteroatoms. The number of aryl methyl sites for hydroxylation is 1. The zero-order valence-electron chi connectivity index (χ0n) is 14.3. The molecule has 0 aliphatic heterocycles. The van der Waals surface area contributed by atoms with Gasteiger partial charge < -0.3 is 10.6 Å². The van der Waals surface area contributed by atoms with Gasteiger partial charge in [0.25, 0.3) is 0 Å². The molecule has 136 valence electrons. The molecule has 0 saturated heterocycles. The van der Waals surface area contributed by atoms with Crippen molar-refractivity contribution in [3.05, 3.63) is 64.7 Å². The average molecular weight is 389 g/mol. The minimum atomic E-state index is -0.131. The van der Waals surface area contributed by atoms with Crippen LogP contribution in [0.25, 0.3) is 0 Å². The van der Waals surface area contributed by atoms with Gasteiger partial charge in [0.15, 0.2) is 0 Å². The molecule has 3 rings (SSSR count). The molecule has 0 aromatic heterocycles. The molecule has 2 amide bonds. The van der Waals surface area contributed by atoms with Gasteiger partial charge in [-0.2, -0.15) is 0 Å². The summed E-state index contributed by atoms with van der Waals surface area (Å²) >= 11 is 7.13. The molecule has 2 N–H and O–H groups in total. The highest BCUT2D eigenvalue weighted by Crippen LogP contribution is 2.29. The molecule has 0 heterocycles. The third kappa shape index (κ3) is 5.26. The Morgan fingerprint density at radius 2 is 1.77 bits per heavy atom. The number of amides is 2. The van der Waals surface area contributed by atoms with Crippen molar-refractivity contribution < 1.29 is 9.59 Å². The summed E-state index contributed by atoms with van der Waals surface area (Å²) in [5, 5.41) is 6.51. The minimum absolute atomic E-state index is 0.0315. The van der Waals surface area contributed by atoms with Crippen LogP contribution < -0.4 is 10.6 Å². The lowest BCUT2D eigenvalue weighted by Crippen LogP contribution is -2.32. The lowest BCUT2D eigenvalue weighted by Gasteiger charge is -2.26. The van der Waals surface area contributed by atoms with Crippen LogP contribution in [0.2, 0.25) is 5.02 Å². The predicted octanol–water partition coefficient (Wildman–Crippen LogP) is 4.21. The summed E-state index contributed by atoms with van der Waals surface area (Å²) in [5.41, 5.74) is 3.24. The standard InChI is InChI=1S/C20H21ClN2O2S/c21-15-8-10-16(11-9-15)22-19(24)12-26-13-20(25)23-18-7-3-5-14-4-1-2-6-17(14)18/h1-2,4,6,8-11,18H,3,5,7,12-13H2,(H,22,24)(H,23,25)/t18-/m0/s1. The maximum absolute atomic E-state index is 12.2. The first-order valence-corrected chi connectivity index (χ1v) is 10.2. The molecule has 1 atom stereocenters. The zero-order valence-corrected chi connectivity index (χ0v) is 15.9. The van der Waals surface area contributed by atoms with Crippen LogP contribution in [-0.4, -0.2) is 23.3 Å². The van der Waals surface area contributed by atoms with E-state index in [-0.39, 0.29) is 29.4 Å². The lowest BCUT2D eigenvalue weighted by atomic mass is 9.88. The Morgan fingerprint density at radius 3 is 2.58 bits per heavy atom. The fourth-order valence-corrected chi connectivity index (χ4v) is 3.86. The van der Waals surface area contributed by atoms with E-state index >= 15 is 0 Å². The molecule has 4 nitrogen and oxygen atoms in total.